The first-order chi connectivity index (χ1) is 9.69. The summed E-state index contributed by atoms with van der Waals surface area (Å²) in [4.78, 5) is 6.59. The van der Waals surface area contributed by atoms with Crippen molar-refractivity contribution in [2.24, 2.45) is 0 Å². The number of benzene rings is 1. The van der Waals surface area contributed by atoms with Gasteiger partial charge in [0.05, 0.1) is 17.9 Å². The molecule has 0 atom stereocenters. The van der Waals surface area contributed by atoms with Crippen LogP contribution in [0.1, 0.15) is 18.3 Å². The number of hydrogen-bond acceptors (Lipinski definition) is 3. The number of rotatable bonds is 6. The van der Waals surface area contributed by atoms with Gasteiger partial charge in [0.2, 0.25) is 0 Å². The smallest absolute Gasteiger partial charge is 0.125 e. The van der Waals surface area contributed by atoms with E-state index in [0.717, 1.165) is 30.2 Å². The number of halogens is 1. The molecule has 106 valence electrons. The Hall–Kier alpha value is -1.94. The molecule has 0 fully saturated rings. The lowest BCUT2D eigenvalue weighted by atomic mass is 10.2. The average molecular weight is 273 g/mol. The van der Waals surface area contributed by atoms with Gasteiger partial charge < -0.3 is 10.2 Å². The fourth-order valence-electron chi connectivity index (χ4n) is 2.02. The van der Waals surface area contributed by atoms with E-state index >= 15 is 0 Å². The molecule has 0 unspecified atom stereocenters. The molecule has 1 aromatic carbocycles. The SMILES string of the molecule is CCNCc1cccc(CN(C)c2cccc(F)c2)n1. The fourth-order valence-corrected chi connectivity index (χ4v) is 2.02. The van der Waals surface area contributed by atoms with E-state index in [0.29, 0.717) is 6.54 Å². The van der Waals surface area contributed by atoms with Gasteiger partial charge in [-0.2, -0.15) is 0 Å². The van der Waals surface area contributed by atoms with Crippen LogP contribution in [0.25, 0.3) is 0 Å². The zero-order chi connectivity index (χ0) is 14.4. The summed E-state index contributed by atoms with van der Waals surface area (Å²) in [6, 6.07) is 12.6. The number of hydrogen-bond donors (Lipinski definition) is 1. The first kappa shape index (κ1) is 14.5. The molecule has 0 amide bonds. The molecule has 0 aliphatic carbocycles. The summed E-state index contributed by atoms with van der Waals surface area (Å²) in [7, 11) is 1.94. The molecule has 0 bridgehead atoms. The van der Waals surface area contributed by atoms with Crippen LogP contribution in [0.3, 0.4) is 0 Å². The van der Waals surface area contributed by atoms with Crippen molar-refractivity contribution in [3.63, 3.8) is 0 Å². The zero-order valence-electron chi connectivity index (χ0n) is 11.9. The van der Waals surface area contributed by atoms with E-state index in [9.17, 15) is 4.39 Å². The average Bonchev–Trinajstić information content (AvgIpc) is 2.45. The Bertz CT molecular complexity index is 557. The van der Waals surface area contributed by atoms with Gasteiger partial charge in [0.1, 0.15) is 5.82 Å². The molecule has 1 aromatic heterocycles. The number of pyridine rings is 1. The van der Waals surface area contributed by atoms with Gasteiger partial charge in [-0.25, -0.2) is 4.39 Å². The van der Waals surface area contributed by atoms with Crippen molar-refractivity contribution < 1.29 is 4.39 Å². The summed E-state index contributed by atoms with van der Waals surface area (Å²) in [5.41, 5.74) is 2.85. The van der Waals surface area contributed by atoms with Gasteiger partial charge in [0, 0.05) is 19.3 Å². The standard InChI is InChI=1S/C16H20FN3/c1-3-18-11-14-7-5-8-15(19-14)12-20(2)16-9-4-6-13(17)10-16/h4-10,18H,3,11-12H2,1-2H3. The molecule has 2 aromatic rings. The molecule has 4 heteroatoms. The van der Waals surface area contributed by atoms with Gasteiger partial charge in [-0.15, -0.1) is 0 Å². The number of nitrogens with zero attached hydrogens (tertiary/aromatic N) is 2. The first-order valence-corrected chi connectivity index (χ1v) is 6.81. The zero-order valence-corrected chi connectivity index (χ0v) is 11.9. The predicted molar refractivity (Wildman–Crippen MR) is 80.1 cm³/mol. The van der Waals surface area contributed by atoms with Crippen LogP contribution in [0.5, 0.6) is 0 Å². The highest BCUT2D eigenvalue weighted by atomic mass is 19.1. The third kappa shape index (κ3) is 4.03. The summed E-state index contributed by atoms with van der Waals surface area (Å²) in [5, 5.41) is 3.26. The van der Waals surface area contributed by atoms with Crippen LogP contribution in [-0.2, 0) is 13.1 Å². The minimum absolute atomic E-state index is 0.219. The second-order valence-electron chi connectivity index (χ2n) is 4.74. The lowest BCUT2D eigenvalue weighted by Crippen LogP contribution is -2.18. The lowest BCUT2D eigenvalue weighted by Gasteiger charge is -2.19. The minimum Gasteiger partial charge on any atom is -0.369 e. The molecule has 1 N–H and O–H groups in total. The van der Waals surface area contributed by atoms with E-state index in [4.69, 9.17) is 0 Å². The highest BCUT2D eigenvalue weighted by Crippen LogP contribution is 2.16. The molecule has 0 saturated heterocycles. The van der Waals surface area contributed by atoms with Crippen molar-refractivity contribution in [2.45, 2.75) is 20.0 Å². The normalized spacial score (nSPS) is 10.6. The van der Waals surface area contributed by atoms with Crippen molar-refractivity contribution in [3.05, 3.63) is 59.7 Å². The topological polar surface area (TPSA) is 28.2 Å². The van der Waals surface area contributed by atoms with Crippen LogP contribution in [0.4, 0.5) is 10.1 Å². The van der Waals surface area contributed by atoms with Crippen molar-refractivity contribution >= 4 is 5.69 Å². The van der Waals surface area contributed by atoms with Crippen molar-refractivity contribution in [1.29, 1.82) is 0 Å². The molecule has 0 aliphatic rings. The van der Waals surface area contributed by atoms with Gasteiger partial charge in [-0.05, 0) is 36.9 Å². The highest BCUT2D eigenvalue weighted by molar-refractivity contribution is 5.45. The first-order valence-electron chi connectivity index (χ1n) is 6.81. The van der Waals surface area contributed by atoms with Crippen LogP contribution in [-0.4, -0.2) is 18.6 Å². The molecule has 2 rings (SSSR count). The van der Waals surface area contributed by atoms with Gasteiger partial charge in [0.25, 0.3) is 0 Å². The number of anilines is 1. The largest absolute Gasteiger partial charge is 0.369 e. The Morgan fingerprint density at radius 2 is 1.90 bits per heavy atom. The molecular weight excluding hydrogens is 253 g/mol. The van der Waals surface area contributed by atoms with Gasteiger partial charge >= 0.3 is 0 Å². The quantitative estimate of drug-likeness (QED) is 0.877. The molecular formula is C16H20FN3. The summed E-state index contributed by atoms with van der Waals surface area (Å²) in [5.74, 6) is -0.219. The van der Waals surface area contributed by atoms with E-state index in [1.54, 1.807) is 6.07 Å². The Kier molecular flexibility index (Phi) is 5.07. The Labute approximate surface area is 119 Å². The van der Waals surface area contributed by atoms with Gasteiger partial charge in [-0.1, -0.05) is 19.1 Å². The van der Waals surface area contributed by atoms with Crippen LogP contribution in [0.15, 0.2) is 42.5 Å². The Balaban J connectivity index is 2.05. The second kappa shape index (κ2) is 7.01. The van der Waals surface area contributed by atoms with Crippen molar-refractivity contribution in [3.8, 4) is 0 Å². The third-order valence-corrected chi connectivity index (χ3v) is 3.07. The summed E-state index contributed by atoms with van der Waals surface area (Å²) < 4.78 is 13.2. The number of aromatic nitrogens is 1. The van der Waals surface area contributed by atoms with Crippen LogP contribution < -0.4 is 10.2 Å². The second-order valence-corrected chi connectivity index (χ2v) is 4.74. The van der Waals surface area contributed by atoms with E-state index < -0.39 is 0 Å². The molecule has 3 nitrogen and oxygen atoms in total. The van der Waals surface area contributed by atoms with Crippen molar-refractivity contribution in [1.82, 2.24) is 10.3 Å². The maximum Gasteiger partial charge on any atom is 0.125 e. The minimum atomic E-state index is -0.219. The van der Waals surface area contributed by atoms with E-state index in [1.807, 2.05) is 36.2 Å². The number of nitrogens with one attached hydrogen (secondary N) is 1. The summed E-state index contributed by atoms with van der Waals surface area (Å²) >= 11 is 0. The maximum atomic E-state index is 13.2. The molecule has 0 saturated carbocycles. The molecule has 0 spiro atoms. The molecule has 0 aliphatic heterocycles. The third-order valence-electron chi connectivity index (χ3n) is 3.07. The maximum absolute atomic E-state index is 13.2. The van der Waals surface area contributed by atoms with E-state index in [-0.39, 0.29) is 5.82 Å². The Morgan fingerprint density at radius 3 is 2.65 bits per heavy atom. The summed E-state index contributed by atoms with van der Waals surface area (Å²) in [6.07, 6.45) is 0. The van der Waals surface area contributed by atoms with E-state index in [1.165, 1.54) is 12.1 Å². The van der Waals surface area contributed by atoms with Crippen LogP contribution in [0.2, 0.25) is 0 Å². The molecule has 20 heavy (non-hydrogen) atoms. The monoisotopic (exact) mass is 273 g/mol. The summed E-state index contributed by atoms with van der Waals surface area (Å²) in [6.45, 7) is 4.42. The van der Waals surface area contributed by atoms with Crippen LogP contribution >= 0.6 is 0 Å². The predicted octanol–water partition coefficient (Wildman–Crippen LogP) is 2.97. The fraction of sp³-hybridized carbons (Fsp3) is 0.312. The van der Waals surface area contributed by atoms with E-state index in [2.05, 4.69) is 17.2 Å². The van der Waals surface area contributed by atoms with Crippen LogP contribution in [0, 0.1) is 5.82 Å². The Morgan fingerprint density at radius 1 is 1.15 bits per heavy atom. The molecule has 0 radical (unpaired) electrons. The van der Waals surface area contributed by atoms with Gasteiger partial charge in [0.15, 0.2) is 0 Å². The highest BCUT2D eigenvalue weighted by Gasteiger charge is 2.05. The van der Waals surface area contributed by atoms with Gasteiger partial charge in [-0.3, -0.25) is 4.98 Å². The molecule has 1 heterocycles. The lowest BCUT2D eigenvalue weighted by molar-refractivity contribution is 0.627. The van der Waals surface area contributed by atoms with Crippen molar-refractivity contribution in [2.75, 3.05) is 18.5 Å².